The van der Waals surface area contributed by atoms with Crippen molar-refractivity contribution in [2.45, 2.75) is 19.8 Å². The topological polar surface area (TPSA) is 41.6 Å². The quantitative estimate of drug-likeness (QED) is 0.724. The molecule has 1 saturated heterocycles. The van der Waals surface area contributed by atoms with E-state index in [1.165, 1.54) is 0 Å². The van der Waals surface area contributed by atoms with Gasteiger partial charge in [0, 0.05) is 26.7 Å². The highest BCUT2D eigenvalue weighted by atomic mass is 16.5. The van der Waals surface area contributed by atoms with Crippen LogP contribution in [0.25, 0.3) is 0 Å². The van der Waals surface area contributed by atoms with Gasteiger partial charge in [0.25, 0.3) is 0 Å². The molecule has 0 bridgehead atoms. The van der Waals surface area contributed by atoms with Crippen LogP contribution in [-0.4, -0.2) is 50.7 Å². The summed E-state index contributed by atoms with van der Waals surface area (Å²) in [7, 11) is 1.67. The molecule has 0 aliphatic carbocycles. The molecular formula is C11H22N2O2. The van der Waals surface area contributed by atoms with Crippen molar-refractivity contribution in [1.82, 2.24) is 10.2 Å². The molecule has 1 heterocycles. The van der Waals surface area contributed by atoms with Gasteiger partial charge < -0.3 is 15.0 Å². The molecule has 0 aromatic rings. The summed E-state index contributed by atoms with van der Waals surface area (Å²) >= 11 is 0. The third-order valence-corrected chi connectivity index (χ3v) is 2.90. The molecule has 0 unspecified atom stereocenters. The summed E-state index contributed by atoms with van der Waals surface area (Å²) in [4.78, 5) is 14.0. The molecule has 0 aromatic heterocycles. The van der Waals surface area contributed by atoms with Crippen LogP contribution in [0, 0.1) is 5.92 Å². The summed E-state index contributed by atoms with van der Waals surface area (Å²) in [6, 6.07) is 0. The van der Waals surface area contributed by atoms with Gasteiger partial charge in [0.15, 0.2) is 0 Å². The third-order valence-electron chi connectivity index (χ3n) is 2.90. The van der Waals surface area contributed by atoms with E-state index >= 15 is 0 Å². The maximum atomic E-state index is 12.1. The Morgan fingerprint density at radius 2 is 2.40 bits per heavy atom. The Balaban J connectivity index is 2.40. The highest BCUT2D eigenvalue weighted by Gasteiger charge is 2.24. The molecule has 1 aliphatic heterocycles. The van der Waals surface area contributed by atoms with Crippen LogP contribution < -0.4 is 5.32 Å². The van der Waals surface area contributed by atoms with Crippen molar-refractivity contribution < 1.29 is 9.53 Å². The van der Waals surface area contributed by atoms with Crippen LogP contribution in [0.4, 0.5) is 0 Å². The molecule has 1 aliphatic rings. The Morgan fingerprint density at radius 1 is 1.60 bits per heavy atom. The van der Waals surface area contributed by atoms with E-state index in [9.17, 15) is 4.79 Å². The number of ether oxygens (including phenoxy) is 1. The van der Waals surface area contributed by atoms with Crippen LogP contribution in [0.1, 0.15) is 19.8 Å². The molecule has 0 aromatic carbocycles. The van der Waals surface area contributed by atoms with Crippen molar-refractivity contribution in [3.8, 4) is 0 Å². The van der Waals surface area contributed by atoms with Gasteiger partial charge in [-0.1, -0.05) is 0 Å². The molecule has 15 heavy (non-hydrogen) atoms. The zero-order valence-electron chi connectivity index (χ0n) is 9.79. The number of hydrogen-bond acceptors (Lipinski definition) is 3. The number of piperidine rings is 1. The monoisotopic (exact) mass is 214 g/mol. The Bertz CT molecular complexity index is 191. The second-order valence-electron chi connectivity index (χ2n) is 3.95. The third kappa shape index (κ3) is 3.80. The predicted octanol–water partition coefficient (Wildman–Crippen LogP) is 0.481. The molecule has 88 valence electrons. The lowest BCUT2D eigenvalue weighted by molar-refractivity contribution is -0.136. The van der Waals surface area contributed by atoms with Gasteiger partial charge in [0.05, 0.1) is 12.5 Å². The summed E-state index contributed by atoms with van der Waals surface area (Å²) in [6.07, 6.45) is 2.13. The molecular weight excluding hydrogens is 192 g/mol. The van der Waals surface area contributed by atoms with E-state index < -0.39 is 0 Å². The zero-order chi connectivity index (χ0) is 11.1. The van der Waals surface area contributed by atoms with Gasteiger partial charge in [-0.2, -0.15) is 0 Å². The van der Waals surface area contributed by atoms with E-state index in [1.807, 2.05) is 11.8 Å². The van der Waals surface area contributed by atoms with Gasteiger partial charge in [-0.3, -0.25) is 4.79 Å². The van der Waals surface area contributed by atoms with E-state index in [1.54, 1.807) is 7.11 Å². The largest absolute Gasteiger partial charge is 0.383 e. The number of methoxy groups -OCH3 is 1. The van der Waals surface area contributed by atoms with Gasteiger partial charge in [-0.15, -0.1) is 0 Å². The number of rotatable bonds is 5. The zero-order valence-corrected chi connectivity index (χ0v) is 9.79. The van der Waals surface area contributed by atoms with Crippen LogP contribution >= 0.6 is 0 Å². The summed E-state index contributed by atoms with van der Waals surface area (Å²) in [6.45, 7) is 6.01. The molecule has 1 fully saturated rings. The molecule has 4 nitrogen and oxygen atoms in total. The van der Waals surface area contributed by atoms with Gasteiger partial charge in [-0.25, -0.2) is 0 Å². The number of nitrogens with one attached hydrogen (secondary N) is 1. The fraction of sp³-hybridized carbons (Fsp3) is 0.909. The van der Waals surface area contributed by atoms with E-state index in [0.717, 1.165) is 32.5 Å². The minimum absolute atomic E-state index is 0.176. The Hall–Kier alpha value is -0.610. The van der Waals surface area contributed by atoms with Crippen molar-refractivity contribution in [3.05, 3.63) is 0 Å². The molecule has 4 heteroatoms. The van der Waals surface area contributed by atoms with E-state index in [0.29, 0.717) is 13.2 Å². The second-order valence-corrected chi connectivity index (χ2v) is 3.95. The second kappa shape index (κ2) is 6.80. The highest BCUT2D eigenvalue weighted by molar-refractivity contribution is 5.79. The minimum atomic E-state index is 0.176. The SMILES string of the molecule is CCN(CCOC)C(=O)[C@@H]1CCCNC1. The first kappa shape index (κ1) is 12.5. The van der Waals surface area contributed by atoms with Crippen molar-refractivity contribution >= 4 is 5.91 Å². The van der Waals surface area contributed by atoms with Crippen molar-refractivity contribution in [2.75, 3.05) is 39.9 Å². The summed E-state index contributed by atoms with van der Waals surface area (Å²) in [5.74, 6) is 0.456. The predicted molar refractivity (Wildman–Crippen MR) is 59.7 cm³/mol. The van der Waals surface area contributed by atoms with Gasteiger partial charge >= 0.3 is 0 Å². The molecule has 0 radical (unpaired) electrons. The molecule has 0 spiro atoms. The summed E-state index contributed by atoms with van der Waals surface area (Å²) < 4.78 is 5.00. The van der Waals surface area contributed by atoms with E-state index in [2.05, 4.69) is 5.32 Å². The van der Waals surface area contributed by atoms with E-state index in [-0.39, 0.29) is 11.8 Å². The lowest BCUT2D eigenvalue weighted by Crippen LogP contribution is -2.44. The number of nitrogens with zero attached hydrogens (tertiary/aromatic N) is 1. The van der Waals surface area contributed by atoms with Crippen LogP contribution in [0.5, 0.6) is 0 Å². The average Bonchev–Trinajstić information content (AvgIpc) is 2.31. The van der Waals surface area contributed by atoms with Gasteiger partial charge in [-0.05, 0) is 26.3 Å². The van der Waals surface area contributed by atoms with Crippen molar-refractivity contribution in [3.63, 3.8) is 0 Å². The van der Waals surface area contributed by atoms with Crippen molar-refractivity contribution in [1.29, 1.82) is 0 Å². The Kier molecular flexibility index (Phi) is 5.65. The first-order chi connectivity index (χ1) is 7.29. The molecule has 1 N–H and O–H groups in total. The first-order valence-corrected chi connectivity index (χ1v) is 5.78. The molecule has 1 amide bonds. The van der Waals surface area contributed by atoms with Crippen LogP contribution in [0.15, 0.2) is 0 Å². The molecule has 1 atom stereocenters. The Morgan fingerprint density at radius 3 is 2.93 bits per heavy atom. The van der Waals surface area contributed by atoms with Gasteiger partial charge in [0.2, 0.25) is 5.91 Å². The fourth-order valence-corrected chi connectivity index (χ4v) is 1.95. The fourth-order valence-electron chi connectivity index (χ4n) is 1.95. The van der Waals surface area contributed by atoms with Crippen LogP contribution in [-0.2, 0) is 9.53 Å². The Labute approximate surface area is 92.0 Å². The number of carbonyl (C=O) groups is 1. The first-order valence-electron chi connectivity index (χ1n) is 5.78. The number of likely N-dealkylation sites (N-methyl/N-ethyl adjacent to an activating group) is 1. The number of amides is 1. The lowest BCUT2D eigenvalue weighted by Gasteiger charge is -2.28. The highest BCUT2D eigenvalue weighted by Crippen LogP contribution is 2.13. The maximum Gasteiger partial charge on any atom is 0.227 e. The van der Waals surface area contributed by atoms with Crippen molar-refractivity contribution in [2.24, 2.45) is 5.92 Å². The van der Waals surface area contributed by atoms with Gasteiger partial charge in [0.1, 0.15) is 0 Å². The van der Waals surface area contributed by atoms with E-state index in [4.69, 9.17) is 4.74 Å². The molecule has 0 saturated carbocycles. The summed E-state index contributed by atoms with van der Waals surface area (Å²) in [5.41, 5.74) is 0. The maximum absolute atomic E-state index is 12.1. The average molecular weight is 214 g/mol. The minimum Gasteiger partial charge on any atom is -0.383 e. The lowest BCUT2D eigenvalue weighted by atomic mass is 9.98. The standard InChI is InChI=1S/C11H22N2O2/c1-3-13(7-8-15-2)11(14)10-5-4-6-12-9-10/h10,12H,3-9H2,1-2H3/t10-/m1/s1. The number of carbonyl (C=O) groups excluding carboxylic acids is 1. The number of hydrogen-bond donors (Lipinski definition) is 1. The van der Waals surface area contributed by atoms with Crippen LogP contribution in [0.3, 0.4) is 0 Å². The normalized spacial score (nSPS) is 21.3. The summed E-state index contributed by atoms with van der Waals surface area (Å²) in [5, 5.41) is 3.27. The van der Waals surface area contributed by atoms with Crippen LogP contribution in [0.2, 0.25) is 0 Å². The molecule has 1 rings (SSSR count). The smallest absolute Gasteiger partial charge is 0.227 e.